The van der Waals surface area contributed by atoms with Crippen molar-refractivity contribution in [2.45, 2.75) is 84.2 Å². The standard InChI is InChI=1S/C18H38O4/c1-3-5-6-7-8-9-10-11-12-17(21)13-22-16-18(4-2,14-19)15-20/h17,19-21H,3-16H2,1-2H3. The molecule has 0 aliphatic heterocycles. The van der Waals surface area contributed by atoms with Crippen molar-refractivity contribution < 1.29 is 20.1 Å². The topological polar surface area (TPSA) is 69.9 Å². The minimum atomic E-state index is -0.571. The summed E-state index contributed by atoms with van der Waals surface area (Å²) >= 11 is 0. The van der Waals surface area contributed by atoms with E-state index in [4.69, 9.17) is 4.74 Å². The smallest absolute Gasteiger partial charge is 0.0773 e. The summed E-state index contributed by atoms with van der Waals surface area (Å²) in [6.45, 7) is 4.56. The fourth-order valence-electron chi connectivity index (χ4n) is 2.48. The number of aliphatic hydroxyl groups is 3. The molecule has 3 N–H and O–H groups in total. The van der Waals surface area contributed by atoms with Crippen LogP contribution in [0.4, 0.5) is 0 Å². The molecule has 4 nitrogen and oxygen atoms in total. The molecule has 0 saturated carbocycles. The zero-order valence-corrected chi connectivity index (χ0v) is 14.7. The number of unbranched alkanes of at least 4 members (excludes halogenated alkanes) is 7. The maximum atomic E-state index is 9.89. The predicted molar refractivity (Wildman–Crippen MR) is 90.9 cm³/mol. The molecule has 0 aliphatic rings. The van der Waals surface area contributed by atoms with Gasteiger partial charge >= 0.3 is 0 Å². The van der Waals surface area contributed by atoms with E-state index in [-0.39, 0.29) is 19.8 Å². The van der Waals surface area contributed by atoms with Gasteiger partial charge in [-0.3, -0.25) is 0 Å². The van der Waals surface area contributed by atoms with Gasteiger partial charge < -0.3 is 20.1 Å². The van der Waals surface area contributed by atoms with Gasteiger partial charge in [0.1, 0.15) is 0 Å². The van der Waals surface area contributed by atoms with Crippen molar-refractivity contribution in [3.05, 3.63) is 0 Å². The number of rotatable bonds is 16. The van der Waals surface area contributed by atoms with Crippen LogP contribution in [0.3, 0.4) is 0 Å². The third kappa shape index (κ3) is 10.5. The van der Waals surface area contributed by atoms with Crippen molar-refractivity contribution >= 4 is 0 Å². The first kappa shape index (κ1) is 21.8. The molecule has 0 bridgehead atoms. The van der Waals surface area contributed by atoms with Crippen LogP contribution in [0, 0.1) is 5.41 Å². The summed E-state index contributed by atoms with van der Waals surface area (Å²) in [5, 5.41) is 28.5. The largest absolute Gasteiger partial charge is 0.396 e. The van der Waals surface area contributed by atoms with Crippen molar-refractivity contribution in [2.24, 2.45) is 5.41 Å². The maximum absolute atomic E-state index is 9.89. The molecule has 0 aromatic carbocycles. The van der Waals surface area contributed by atoms with Crippen LogP contribution in [0.5, 0.6) is 0 Å². The molecule has 0 spiro atoms. The zero-order valence-electron chi connectivity index (χ0n) is 14.7. The predicted octanol–water partition coefficient (Wildman–Crippen LogP) is 3.28. The van der Waals surface area contributed by atoms with E-state index in [1.807, 2.05) is 6.92 Å². The van der Waals surface area contributed by atoms with Crippen LogP contribution in [0.25, 0.3) is 0 Å². The second-order valence-corrected chi connectivity index (χ2v) is 6.60. The van der Waals surface area contributed by atoms with Gasteiger partial charge in [0.25, 0.3) is 0 Å². The van der Waals surface area contributed by atoms with Crippen LogP contribution in [0.15, 0.2) is 0 Å². The fourth-order valence-corrected chi connectivity index (χ4v) is 2.48. The van der Waals surface area contributed by atoms with E-state index < -0.39 is 11.5 Å². The molecule has 0 aromatic heterocycles. The third-order valence-electron chi connectivity index (χ3n) is 4.53. The minimum absolute atomic E-state index is 0.0892. The summed E-state index contributed by atoms with van der Waals surface area (Å²) in [6, 6.07) is 0. The normalized spacial score (nSPS) is 13.5. The Morgan fingerprint density at radius 1 is 0.864 bits per heavy atom. The summed E-state index contributed by atoms with van der Waals surface area (Å²) in [5.74, 6) is 0. The van der Waals surface area contributed by atoms with Crippen LogP contribution < -0.4 is 0 Å². The summed E-state index contributed by atoms with van der Waals surface area (Å²) in [5.41, 5.74) is -0.571. The lowest BCUT2D eigenvalue weighted by molar-refractivity contribution is -0.0533. The van der Waals surface area contributed by atoms with Crippen LogP contribution in [-0.2, 0) is 4.74 Å². The van der Waals surface area contributed by atoms with Crippen molar-refractivity contribution in [1.29, 1.82) is 0 Å². The van der Waals surface area contributed by atoms with E-state index in [2.05, 4.69) is 6.92 Å². The van der Waals surface area contributed by atoms with Gasteiger partial charge in [-0.2, -0.15) is 0 Å². The molecule has 0 aliphatic carbocycles. The van der Waals surface area contributed by atoms with Crippen LogP contribution in [0.2, 0.25) is 0 Å². The highest BCUT2D eigenvalue weighted by Crippen LogP contribution is 2.21. The molecular formula is C18H38O4. The Bertz CT molecular complexity index is 221. The average molecular weight is 318 g/mol. The van der Waals surface area contributed by atoms with Gasteiger partial charge in [0.15, 0.2) is 0 Å². The van der Waals surface area contributed by atoms with Gasteiger partial charge in [0.05, 0.1) is 32.5 Å². The molecule has 0 heterocycles. The minimum Gasteiger partial charge on any atom is -0.396 e. The lowest BCUT2D eigenvalue weighted by atomic mass is 9.88. The molecule has 1 atom stereocenters. The van der Waals surface area contributed by atoms with Gasteiger partial charge in [0, 0.05) is 5.41 Å². The van der Waals surface area contributed by atoms with E-state index in [1.54, 1.807) is 0 Å². The zero-order chi connectivity index (χ0) is 16.7. The van der Waals surface area contributed by atoms with Crippen molar-refractivity contribution in [2.75, 3.05) is 26.4 Å². The molecule has 22 heavy (non-hydrogen) atoms. The highest BCUT2D eigenvalue weighted by molar-refractivity contribution is 4.75. The Balaban J connectivity index is 3.52. The lowest BCUT2D eigenvalue weighted by Crippen LogP contribution is -2.35. The Labute approximate surface area is 136 Å². The molecule has 1 unspecified atom stereocenters. The van der Waals surface area contributed by atoms with Crippen LogP contribution in [0.1, 0.15) is 78.1 Å². The number of hydrogen-bond acceptors (Lipinski definition) is 4. The fraction of sp³-hybridized carbons (Fsp3) is 1.00. The van der Waals surface area contributed by atoms with E-state index in [0.717, 1.165) is 12.8 Å². The van der Waals surface area contributed by atoms with Crippen molar-refractivity contribution in [3.8, 4) is 0 Å². The molecule has 0 aromatic rings. The Morgan fingerprint density at radius 2 is 1.41 bits per heavy atom. The van der Waals surface area contributed by atoms with Crippen LogP contribution in [-0.4, -0.2) is 47.9 Å². The Morgan fingerprint density at radius 3 is 1.91 bits per heavy atom. The molecule has 0 radical (unpaired) electrons. The van der Waals surface area contributed by atoms with Crippen molar-refractivity contribution in [3.63, 3.8) is 0 Å². The Hall–Kier alpha value is -0.160. The van der Waals surface area contributed by atoms with Crippen LogP contribution >= 0.6 is 0 Å². The van der Waals surface area contributed by atoms with Crippen molar-refractivity contribution in [1.82, 2.24) is 0 Å². The van der Waals surface area contributed by atoms with Gasteiger partial charge in [-0.1, -0.05) is 65.2 Å². The molecule has 0 amide bonds. The first-order valence-corrected chi connectivity index (χ1v) is 9.11. The molecule has 0 rings (SSSR count). The van der Waals surface area contributed by atoms with Gasteiger partial charge in [-0.15, -0.1) is 0 Å². The second kappa shape index (κ2) is 14.4. The number of hydrogen-bond donors (Lipinski definition) is 3. The quantitative estimate of drug-likeness (QED) is 0.382. The second-order valence-electron chi connectivity index (χ2n) is 6.60. The molecule has 0 saturated heterocycles. The molecule has 134 valence electrons. The highest BCUT2D eigenvalue weighted by Gasteiger charge is 2.27. The number of ether oxygens (including phenoxy) is 1. The summed E-state index contributed by atoms with van der Waals surface area (Å²) in [7, 11) is 0. The number of aliphatic hydroxyl groups excluding tert-OH is 3. The Kier molecular flexibility index (Phi) is 14.3. The van der Waals surface area contributed by atoms with E-state index in [9.17, 15) is 15.3 Å². The third-order valence-corrected chi connectivity index (χ3v) is 4.53. The molecular weight excluding hydrogens is 280 g/mol. The van der Waals surface area contributed by atoms with Gasteiger partial charge in [0.2, 0.25) is 0 Å². The van der Waals surface area contributed by atoms with E-state index >= 15 is 0 Å². The first-order chi connectivity index (χ1) is 10.6. The maximum Gasteiger partial charge on any atom is 0.0773 e. The summed E-state index contributed by atoms with van der Waals surface area (Å²) in [4.78, 5) is 0. The summed E-state index contributed by atoms with van der Waals surface area (Å²) < 4.78 is 5.49. The van der Waals surface area contributed by atoms with E-state index in [1.165, 1.54) is 44.9 Å². The monoisotopic (exact) mass is 318 g/mol. The lowest BCUT2D eigenvalue weighted by Gasteiger charge is -2.28. The molecule has 0 fully saturated rings. The van der Waals surface area contributed by atoms with Gasteiger partial charge in [-0.05, 0) is 12.8 Å². The average Bonchev–Trinajstić information content (AvgIpc) is 2.54. The highest BCUT2D eigenvalue weighted by atomic mass is 16.5. The first-order valence-electron chi connectivity index (χ1n) is 9.11. The SMILES string of the molecule is CCCCCCCCCCC(O)COCC(CC)(CO)CO. The van der Waals surface area contributed by atoms with Gasteiger partial charge in [-0.25, -0.2) is 0 Å². The summed E-state index contributed by atoms with van der Waals surface area (Å²) in [6.07, 6.45) is 11.1. The molecule has 4 heteroatoms. The van der Waals surface area contributed by atoms with E-state index in [0.29, 0.717) is 13.0 Å².